The topological polar surface area (TPSA) is 69.6 Å². The summed E-state index contributed by atoms with van der Waals surface area (Å²) < 4.78 is 36.1. The monoisotopic (exact) mass is 242 g/mol. The van der Waals surface area contributed by atoms with Crippen LogP contribution in [0.4, 0.5) is 13.2 Å². The Kier molecular flexibility index (Phi) is 5.79. The summed E-state index contributed by atoms with van der Waals surface area (Å²) in [6.45, 7) is -0.718. The Balaban J connectivity index is 4.41. The number of halogens is 3. The fourth-order valence-corrected chi connectivity index (χ4v) is 0.956. The van der Waals surface area contributed by atoms with Gasteiger partial charge in [0, 0.05) is 0 Å². The molecule has 0 aliphatic carbocycles. The van der Waals surface area contributed by atoms with E-state index >= 15 is 0 Å². The summed E-state index contributed by atoms with van der Waals surface area (Å²) in [5.74, 6) is -2.37. The molecule has 0 radical (unpaired) electrons. The van der Waals surface area contributed by atoms with Gasteiger partial charge in [0.1, 0.15) is 13.1 Å². The second-order valence-corrected chi connectivity index (χ2v) is 3.04. The first-order valence-corrected chi connectivity index (χ1v) is 4.53. The molecule has 0 aliphatic rings. The van der Waals surface area contributed by atoms with E-state index < -0.39 is 31.1 Å². The van der Waals surface area contributed by atoms with E-state index in [0.29, 0.717) is 6.54 Å². The number of carboxylic acids is 1. The molecule has 0 atom stereocenters. The molecule has 0 rings (SSSR count). The first-order chi connectivity index (χ1) is 7.26. The van der Waals surface area contributed by atoms with E-state index in [9.17, 15) is 22.8 Å². The Bertz CT molecular complexity index is 255. The van der Waals surface area contributed by atoms with Gasteiger partial charge in [0.2, 0.25) is 5.91 Å². The quantitative estimate of drug-likeness (QED) is 0.691. The standard InChI is InChI=1S/C8H13F3N2O3/c1-2-12-3-6(14)13(4-7(15)16)5-8(9,10)11/h12H,2-5H2,1H3,(H,15,16). The highest BCUT2D eigenvalue weighted by molar-refractivity contribution is 5.82. The smallest absolute Gasteiger partial charge is 0.406 e. The van der Waals surface area contributed by atoms with E-state index in [1.54, 1.807) is 6.92 Å². The van der Waals surface area contributed by atoms with Crippen LogP contribution in [0.5, 0.6) is 0 Å². The van der Waals surface area contributed by atoms with Crippen LogP contribution in [0.1, 0.15) is 6.92 Å². The predicted molar refractivity (Wildman–Crippen MR) is 48.8 cm³/mol. The molecular formula is C8H13F3N2O3. The van der Waals surface area contributed by atoms with Crippen molar-refractivity contribution >= 4 is 11.9 Å². The van der Waals surface area contributed by atoms with Gasteiger partial charge in [0.25, 0.3) is 0 Å². The summed E-state index contributed by atoms with van der Waals surface area (Å²) in [6.07, 6.45) is -4.60. The summed E-state index contributed by atoms with van der Waals surface area (Å²) in [5.41, 5.74) is 0. The van der Waals surface area contributed by atoms with Gasteiger partial charge in [-0.15, -0.1) is 0 Å². The Morgan fingerprint density at radius 2 is 1.94 bits per heavy atom. The minimum Gasteiger partial charge on any atom is -0.480 e. The van der Waals surface area contributed by atoms with Crippen molar-refractivity contribution in [2.75, 3.05) is 26.2 Å². The molecule has 0 saturated heterocycles. The molecule has 1 amide bonds. The van der Waals surface area contributed by atoms with Gasteiger partial charge in [-0.3, -0.25) is 9.59 Å². The van der Waals surface area contributed by atoms with Crippen molar-refractivity contribution in [3.8, 4) is 0 Å². The number of rotatable bonds is 6. The van der Waals surface area contributed by atoms with E-state index in [1.807, 2.05) is 0 Å². The second kappa shape index (κ2) is 6.31. The van der Waals surface area contributed by atoms with Crippen molar-refractivity contribution in [1.29, 1.82) is 0 Å². The van der Waals surface area contributed by atoms with Crippen molar-refractivity contribution in [3.05, 3.63) is 0 Å². The highest BCUT2D eigenvalue weighted by atomic mass is 19.4. The van der Waals surface area contributed by atoms with Crippen LogP contribution in [0.25, 0.3) is 0 Å². The molecule has 0 heterocycles. The van der Waals surface area contributed by atoms with Crippen molar-refractivity contribution in [1.82, 2.24) is 10.2 Å². The number of hydrogen-bond acceptors (Lipinski definition) is 3. The van der Waals surface area contributed by atoms with Crippen LogP contribution in [0, 0.1) is 0 Å². The summed E-state index contributed by atoms with van der Waals surface area (Å²) >= 11 is 0. The van der Waals surface area contributed by atoms with Crippen molar-refractivity contribution in [2.45, 2.75) is 13.1 Å². The third-order valence-electron chi connectivity index (χ3n) is 1.58. The van der Waals surface area contributed by atoms with Crippen molar-refractivity contribution < 1.29 is 27.9 Å². The maximum absolute atomic E-state index is 12.0. The molecule has 2 N–H and O–H groups in total. The van der Waals surface area contributed by atoms with E-state index in [-0.39, 0.29) is 11.4 Å². The highest BCUT2D eigenvalue weighted by Gasteiger charge is 2.33. The van der Waals surface area contributed by atoms with Crippen LogP contribution < -0.4 is 5.32 Å². The molecule has 0 saturated carbocycles. The number of nitrogens with zero attached hydrogens (tertiary/aromatic N) is 1. The molecule has 0 aromatic heterocycles. The number of hydrogen-bond donors (Lipinski definition) is 2. The maximum atomic E-state index is 12.0. The van der Waals surface area contributed by atoms with Gasteiger partial charge in [0.15, 0.2) is 0 Å². The van der Waals surface area contributed by atoms with Gasteiger partial charge in [-0.25, -0.2) is 0 Å². The van der Waals surface area contributed by atoms with Crippen LogP contribution in [-0.2, 0) is 9.59 Å². The third-order valence-corrected chi connectivity index (χ3v) is 1.58. The van der Waals surface area contributed by atoms with Gasteiger partial charge in [-0.2, -0.15) is 13.2 Å². The Hall–Kier alpha value is -1.31. The molecule has 0 bridgehead atoms. The molecule has 0 spiro atoms. The number of alkyl halides is 3. The SMILES string of the molecule is CCNCC(=O)N(CC(=O)O)CC(F)(F)F. The van der Waals surface area contributed by atoms with Crippen molar-refractivity contribution in [2.24, 2.45) is 0 Å². The van der Waals surface area contributed by atoms with E-state index in [0.717, 1.165) is 0 Å². The fraction of sp³-hybridized carbons (Fsp3) is 0.750. The van der Waals surface area contributed by atoms with Crippen LogP contribution in [-0.4, -0.2) is 54.2 Å². The molecular weight excluding hydrogens is 229 g/mol. The zero-order valence-corrected chi connectivity index (χ0v) is 8.67. The van der Waals surface area contributed by atoms with Gasteiger partial charge in [-0.1, -0.05) is 6.92 Å². The molecule has 0 aromatic rings. The highest BCUT2D eigenvalue weighted by Crippen LogP contribution is 2.16. The lowest BCUT2D eigenvalue weighted by Crippen LogP contribution is -2.45. The molecule has 0 aromatic carbocycles. The zero-order chi connectivity index (χ0) is 12.8. The van der Waals surface area contributed by atoms with E-state index in [1.165, 1.54) is 0 Å². The van der Waals surface area contributed by atoms with Gasteiger partial charge in [0.05, 0.1) is 6.54 Å². The van der Waals surface area contributed by atoms with Crippen LogP contribution in [0.2, 0.25) is 0 Å². The van der Waals surface area contributed by atoms with Crippen LogP contribution in [0.15, 0.2) is 0 Å². The molecule has 5 nitrogen and oxygen atoms in total. The van der Waals surface area contributed by atoms with Gasteiger partial charge in [-0.05, 0) is 6.54 Å². The Labute approximate surface area is 90.2 Å². The predicted octanol–water partition coefficient (Wildman–Crippen LogP) is 0.0714. The largest absolute Gasteiger partial charge is 0.480 e. The van der Waals surface area contributed by atoms with E-state index in [4.69, 9.17) is 5.11 Å². The molecule has 16 heavy (non-hydrogen) atoms. The maximum Gasteiger partial charge on any atom is 0.406 e. The average molecular weight is 242 g/mol. The lowest BCUT2D eigenvalue weighted by Gasteiger charge is -2.22. The molecule has 0 fully saturated rings. The number of carbonyl (C=O) groups is 2. The van der Waals surface area contributed by atoms with Crippen molar-refractivity contribution in [3.63, 3.8) is 0 Å². The molecule has 94 valence electrons. The minimum atomic E-state index is -4.60. The Morgan fingerprint density at radius 3 is 2.31 bits per heavy atom. The minimum absolute atomic E-state index is 0.255. The normalized spacial score (nSPS) is 11.2. The zero-order valence-electron chi connectivity index (χ0n) is 8.67. The van der Waals surface area contributed by atoms with Crippen LogP contribution in [0.3, 0.4) is 0 Å². The summed E-state index contributed by atoms with van der Waals surface area (Å²) in [7, 11) is 0. The van der Waals surface area contributed by atoms with E-state index in [2.05, 4.69) is 5.32 Å². The molecule has 0 aliphatic heterocycles. The first-order valence-electron chi connectivity index (χ1n) is 4.53. The first kappa shape index (κ1) is 14.7. The summed E-state index contributed by atoms with van der Waals surface area (Å²) in [6, 6.07) is 0. The molecule has 0 unspecified atom stereocenters. The summed E-state index contributed by atoms with van der Waals surface area (Å²) in [5, 5.41) is 10.9. The van der Waals surface area contributed by atoms with Gasteiger partial charge < -0.3 is 15.3 Å². The number of likely N-dealkylation sites (N-methyl/N-ethyl adjacent to an activating group) is 1. The second-order valence-electron chi connectivity index (χ2n) is 3.04. The number of amides is 1. The molecule has 8 heteroatoms. The third kappa shape index (κ3) is 7.04. The number of carboxylic acid groups (broad SMARTS) is 1. The number of nitrogens with one attached hydrogen (secondary N) is 1. The lowest BCUT2D eigenvalue weighted by atomic mass is 10.4. The number of aliphatic carboxylic acids is 1. The summed E-state index contributed by atoms with van der Waals surface area (Å²) in [4.78, 5) is 21.8. The lowest BCUT2D eigenvalue weighted by molar-refractivity contribution is -0.165. The number of carbonyl (C=O) groups excluding carboxylic acids is 1. The fourth-order valence-electron chi connectivity index (χ4n) is 0.956. The average Bonchev–Trinajstić information content (AvgIpc) is 2.10. The van der Waals surface area contributed by atoms with Crippen LogP contribution >= 0.6 is 0 Å². The van der Waals surface area contributed by atoms with Gasteiger partial charge >= 0.3 is 12.1 Å². The Morgan fingerprint density at radius 1 is 1.38 bits per heavy atom.